The Hall–Kier alpha value is -1.59. The van der Waals surface area contributed by atoms with Crippen LogP contribution in [-0.2, 0) is 4.74 Å². The minimum Gasteiger partial charge on any atom is -0.463 e. The minimum atomic E-state index is 0.150. The maximum atomic E-state index is 5.39. The van der Waals surface area contributed by atoms with E-state index in [0.717, 1.165) is 30.4 Å². The summed E-state index contributed by atoms with van der Waals surface area (Å²) in [6.07, 6.45) is 3.43. The number of aromatic amines is 1. The maximum absolute atomic E-state index is 5.39. The molecule has 0 aliphatic carbocycles. The first-order valence-corrected chi connectivity index (χ1v) is 5.33. The SMILES string of the molecule is c1coc(-c2cnc(C3COCCN3)[nH]2)c1. The van der Waals surface area contributed by atoms with Gasteiger partial charge in [0.1, 0.15) is 11.5 Å². The number of hydrogen-bond donors (Lipinski definition) is 2. The molecule has 2 aromatic heterocycles. The van der Waals surface area contributed by atoms with Crippen molar-refractivity contribution in [2.75, 3.05) is 19.8 Å². The number of H-pyrrole nitrogens is 1. The molecule has 16 heavy (non-hydrogen) atoms. The highest BCUT2D eigenvalue weighted by atomic mass is 16.5. The van der Waals surface area contributed by atoms with Gasteiger partial charge in [-0.1, -0.05) is 0 Å². The van der Waals surface area contributed by atoms with Crippen LogP contribution in [0.25, 0.3) is 11.5 Å². The number of imidazole rings is 1. The van der Waals surface area contributed by atoms with Crippen molar-refractivity contribution in [3.63, 3.8) is 0 Å². The highest BCUT2D eigenvalue weighted by Crippen LogP contribution is 2.20. The Labute approximate surface area is 92.8 Å². The van der Waals surface area contributed by atoms with Crippen LogP contribution in [0.4, 0.5) is 0 Å². The van der Waals surface area contributed by atoms with Crippen LogP contribution < -0.4 is 5.32 Å². The van der Waals surface area contributed by atoms with Crippen LogP contribution in [0.1, 0.15) is 11.9 Å². The third kappa shape index (κ3) is 1.75. The van der Waals surface area contributed by atoms with Crippen molar-refractivity contribution in [1.82, 2.24) is 15.3 Å². The zero-order chi connectivity index (χ0) is 10.8. The van der Waals surface area contributed by atoms with Gasteiger partial charge < -0.3 is 19.5 Å². The molecule has 1 aliphatic rings. The third-order valence-electron chi connectivity index (χ3n) is 2.63. The quantitative estimate of drug-likeness (QED) is 0.799. The van der Waals surface area contributed by atoms with Crippen LogP contribution >= 0.6 is 0 Å². The number of rotatable bonds is 2. The van der Waals surface area contributed by atoms with Gasteiger partial charge in [-0.2, -0.15) is 0 Å². The van der Waals surface area contributed by atoms with Crippen molar-refractivity contribution >= 4 is 0 Å². The van der Waals surface area contributed by atoms with Crippen molar-refractivity contribution < 1.29 is 9.15 Å². The summed E-state index contributed by atoms with van der Waals surface area (Å²) in [7, 11) is 0. The highest BCUT2D eigenvalue weighted by molar-refractivity contribution is 5.50. The molecule has 5 heteroatoms. The van der Waals surface area contributed by atoms with Gasteiger partial charge in [0.2, 0.25) is 0 Å². The van der Waals surface area contributed by atoms with E-state index in [1.807, 2.05) is 12.1 Å². The second-order valence-corrected chi connectivity index (χ2v) is 3.74. The second-order valence-electron chi connectivity index (χ2n) is 3.74. The Morgan fingerprint density at radius 2 is 2.44 bits per heavy atom. The van der Waals surface area contributed by atoms with E-state index in [1.54, 1.807) is 12.5 Å². The smallest absolute Gasteiger partial charge is 0.151 e. The van der Waals surface area contributed by atoms with Gasteiger partial charge in [0.05, 0.1) is 31.7 Å². The molecule has 0 saturated carbocycles. The van der Waals surface area contributed by atoms with Gasteiger partial charge >= 0.3 is 0 Å². The van der Waals surface area contributed by atoms with Crippen LogP contribution in [0.2, 0.25) is 0 Å². The van der Waals surface area contributed by atoms with Crippen LogP contribution in [0.5, 0.6) is 0 Å². The molecule has 1 fully saturated rings. The van der Waals surface area contributed by atoms with Gasteiger partial charge in [0.25, 0.3) is 0 Å². The standard InChI is InChI=1S/C11H13N3O2/c1-2-10(16-4-1)8-6-13-11(14-8)9-7-15-5-3-12-9/h1-2,4,6,9,12H,3,5,7H2,(H,13,14). The Morgan fingerprint density at radius 1 is 1.44 bits per heavy atom. The first-order valence-electron chi connectivity index (χ1n) is 5.33. The van der Waals surface area contributed by atoms with E-state index < -0.39 is 0 Å². The molecule has 3 rings (SSSR count). The van der Waals surface area contributed by atoms with E-state index in [1.165, 1.54) is 0 Å². The molecule has 0 bridgehead atoms. The molecule has 0 aromatic carbocycles. The van der Waals surface area contributed by atoms with E-state index in [2.05, 4.69) is 15.3 Å². The lowest BCUT2D eigenvalue weighted by Gasteiger charge is -2.21. The summed E-state index contributed by atoms with van der Waals surface area (Å²) < 4.78 is 10.7. The van der Waals surface area contributed by atoms with E-state index >= 15 is 0 Å². The number of aromatic nitrogens is 2. The molecular weight excluding hydrogens is 206 g/mol. The molecule has 0 amide bonds. The molecule has 1 aliphatic heterocycles. The van der Waals surface area contributed by atoms with E-state index in [9.17, 15) is 0 Å². The second kappa shape index (κ2) is 4.11. The lowest BCUT2D eigenvalue weighted by atomic mass is 10.2. The summed E-state index contributed by atoms with van der Waals surface area (Å²) in [6, 6.07) is 3.91. The van der Waals surface area contributed by atoms with Crippen molar-refractivity contribution in [2.24, 2.45) is 0 Å². The summed E-state index contributed by atoms with van der Waals surface area (Å²) in [4.78, 5) is 7.58. The first kappa shape index (κ1) is 9.62. The van der Waals surface area contributed by atoms with Gasteiger partial charge in [0, 0.05) is 6.54 Å². The minimum absolute atomic E-state index is 0.150. The molecule has 2 aromatic rings. The molecule has 3 heterocycles. The topological polar surface area (TPSA) is 63.1 Å². The van der Waals surface area contributed by atoms with Gasteiger partial charge in [-0.3, -0.25) is 0 Å². The fourth-order valence-electron chi connectivity index (χ4n) is 1.81. The number of hydrogen-bond acceptors (Lipinski definition) is 4. The first-order chi connectivity index (χ1) is 7.93. The molecule has 1 unspecified atom stereocenters. The van der Waals surface area contributed by atoms with Crippen molar-refractivity contribution in [2.45, 2.75) is 6.04 Å². The van der Waals surface area contributed by atoms with Gasteiger partial charge in [-0.05, 0) is 12.1 Å². The molecule has 1 saturated heterocycles. The number of morpholine rings is 1. The van der Waals surface area contributed by atoms with E-state index in [0.29, 0.717) is 6.61 Å². The average molecular weight is 219 g/mol. The van der Waals surface area contributed by atoms with E-state index in [4.69, 9.17) is 9.15 Å². The van der Waals surface area contributed by atoms with E-state index in [-0.39, 0.29) is 6.04 Å². The zero-order valence-electron chi connectivity index (χ0n) is 8.77. The van der Waals surface area contributed by atoms with Crippen molar-refractivity contribution in [1.29, 1.82) is 0 Å². The molecule has 84 valence electrons. The van der Waals surface area contributed by atoms with Crippen molar-refractivity contribution in [3.05, 3.63) is 30.4 Å². The van der Waals surface area contributed by atoms with Crippen LogP contribution in [0, 0.1) is 0 Å². The molecule has 2 N–H and O–H groups in total. The Kier molecular flexibility index (Phi) is 2.47. The summed E-state index contributed by atoms with van der Waals surface area (Å²) in [5.41, 5.74) is 0.896. The van der Waals surface area contributed by atoms with Gasteiger partial charge in [-0.25, -0.2) is 4.98 Å². The average Bonchev–Trinajstić information content (AvgIpc) is 3.01. The van der Waals surface area contributed by atoms with Gasteiger partial charge in [0.15, 0.2) is 5.76 Å². The summed E-state index contributed by atoms with van der Waals surface area (Å²) >= 11 is 0. The fourth-order valence-corrected chi connectivity index (χ4v) is 1.81. The van der Waals surface area contributed by atoms with Gasteiger partial charge in [-0.15, -0.1) is 0 Å². The Bertz CT molecular complexity index is 444. The fraction of sp³-hybridized carbons (Fsp3) is 0.364. The molecule has 0 radical (unpaired) electrons. The largest absolute Gasteiger partial charge is 0.463 e. The molecule has 1 atom stereocenters. The van der Waals surface area contributed by atoms with Crippen LogP contribution in [0.15, 0.2) is 29.0 Å². The normalized spacial score (nSPS) is 21.1. The zero-order valence-corrected chi connectivity index (χ0v) is 8.77. The number of nitrogens with zero attached hydrogens (tertiary/aromatic N) is 1. The molecule has 5 nitrogen and oxygen atoms in total. The number of ether oxygens (including phenoxy) is 1. The number of nitrogens with one attached hydrogen (secondary N) is 2. The van der Waals surface area contributed by atoms with Crippen molar-refractivity contribution in [3.8, 4) is 11.5 Å². The molecule has 0 spiro atoms. The van der Waals surface area contributed by atoms with Crippen LogP contribution in [0.3, 0.4) is 0 Å². The Balaban J connectivity index is 1.82. The van der Waals surface area contributed by atoms with Crippen LogP contribution in [-0.4, -0.2) is 29.7 Å². The molecular formula is C11H13N3O2. The lowest BCUT2D eigenvalue weighted by Crippen LogP contribution is -2.35. The highest BCUT2D eigenvalue weighted by Gasteiger charge is 2.18. The summed E-state index contributed by atoms with van der Waals surface area (Å²) in [5, 5.41) is 3.34. The Morgan fingerprint density at radius 3 is 3.19 bits per heavy atom. The summed E-state index contributed by atoms with van der Waals surface area (Å²) in [6.45, 7) is 2.29. The summed E-state index contributed by atoms with van der Waals surface area (Å²) in [5.74, 6) is 1.70. The monoisotopic (exact) mass is 219 g/mol. The third-order valence-corrected chi connectivity index (χ3v) is 2.63. The predicted molar refractivity (Wildman–Crippen MR) is 57.9 cm³/mol. The lowest BCUT2D eigenvalue weighted by molar-refractivity contribution is 0.0745. The maximum Gasteiger partial charge on any atom is 0.151 e. The predicted octanol–water partition coefficient (Wildman–Crippen LogP) is 1.33. The number of furan rings is 1.